The first-order valence-electron chi connectivity index (χ1n) is 8.48. The van der Waals surface area contributed by atoms with E-state index in [0.717, 1.165) is 10.3 Å². The van der Waals surface area contributed by atoms with Crippen molar-refractivity contribution < 1.29 is 0 Å². The van der Waals surface area contributed by atoms with E-state index in [1.165, 1.54) is 32.1 Å². The van der Waals surface area contributed by atoms with Crippen LogP contribution in [-0.4, -0.2) is 25.6 Å². The number of nitrogens with one attached hydrogen (secondary N) is 2. The minimum atomic E-state index is -0.629. The van der Waals surface area contributed by atoms with Gasteiger partial charge in [0.1, 0.15) is 5.82 Å². The fourth-order valence-corrected chi connectivity index (χ4v) is 3.31. The summed E-state index contributed by atoms with van der Waals surface area (Å²) >= 11 is 0. The largest absolute Gasteiger partial charge is 0.360 e. The van der Waals surface area contributed by atoms with E-state index in [-0.39, 0.29) is 17.8 Å². The van der Waals surface area contributed by atoms with Gasteiger partial charge in [0.25, 0.3) is 0 Å². The van der Waals surface area contributed by atoms with Gasteiger partial charge < -0.3 is 5.32 Å². The Morgan fingerprint density at radius 2 is 1.96 bits per heavy atom. The molecule has 2 N–H and O–H groups in total. The Bertz CT molecular complexity index is 789. The molecule has 2 aromatic heterocycles. The average Bonchev–Trinajstić information content (AvgIpc) is 2.55. The van der Waals surface area contributed by atoms with Crippen molar-refractivity contribution in [1.82, 2.24) is 19.5 Å². The van der Waals surface area contributed by atoms with Gasteiger partial charge in [-0.3, -0.25) is 4.98 Å². The third-order valence-corrected chi connectivity index (χ3v) is 4.65. The zero-order valence-corrected chi connectivity index (χ0v) is 14.1. The van der Waals surface area contributed by atoms with Gasteiger partial charge in [-0.05, 0) is 44.7 Å². The molecule has 7 nitrogen and oxygen atoms in total. The van der Waals surface area contributed by atoms with Gasteiger partial charge in [0.2, 0.25) is 5.95 Å². The number of pyridine rings is 1. The molecule has 0 aliphatic heterocycles. The second-order valence-corrected chi connectivity index (χ2v) is 6.48. The lowest BCUT2D eigenvalue weighted by Gasteiger charge is -2.28. The monoisotopic (exact) mass is 329 g/mol. The van der Waals surface area contributed by atoms with E-state index in [1.807, 2.05) is 0 Å². The summed E-state index contributed by atoms with van der Waals surface area (Å²) in [6.45, 7) is 3.88. The zero-order valence-electron chi connectivity index (χ0n) is 14.1. The van der Waals surface area contributed by atoms with Crippen LogP contribution in [0.2, 0.25) is 0 Å². The van der Waals surface area contributed by atoms with E-state index in [2.05, 4.69) is 27.2 Å². The second kappa shape index (κ2) is 6.98. The van der Waals surface area contributed by atoms with Crippen LogP contribution in [0.5, 0.6) is 0 Å². The molecule has 0 saturated heterocycles. The highest BCUT2D eigenvalue weighted by molar-refractivity contribution is 5.27. The van der Waals surface area contributed by atoms with Crippen LogP contribution in [0.25, 0.3) is 5.82 Å². The smallest absolute Gasteiger partial charge is 0.353 e. The van der Waals surface area contributed by atoms with Crippen LogP contribution in [0.1, 0.15) is 44.7 Å². The lowest BCUT2D eigenvalue weighted by Crippen LogP contribution is -2.38. The minimum absolute atomic E-state index is 0.167. The highest BCUT2D eigenvalue weighted by Crippen LogP contribution is 2.27. The molecular formula is C17H23N5O2. The van der Waals surface area contributed by atoms with Crippen LogP contribution in [0, 0.1) is 12.8 Å². The summed E-state index contributed by atoms with van der Waals surface area (Å²) in [4.78, 5) is 35.4. The maximum atomic E-state index is 12.3. The Morgan fingerprint density at radius 1 is 1.21 bits per heavy atom. The van der Waals surface area contributed by atoms with Gasteiger partial charge in [0.05, 0.1) is 0 Å². The highest BCUT2D eigenvalue weighted by atomic mass is 16.2. The van der Waals surface area contributed by atoms with Crippen LogP contribution in [-0.2, 0) is 0 Å². The summed E-state index contributed by atoms with van der Waals surface area (Å²) in [5, 5.41) is 3.18. The molecule has 0 amide bonds. The molecule has 0 radical (unpaired) electrons. The van der Waals surface area contributed by atoms with Crippen molar-refractivity contribution in [1.29, 1.82) is 0 Å². The van der Waals surface area contributed by atoms with Gasteiger partial charge in [-0.15, -0.1) is 0 Å². The van der Waals surface area contributed by atoms with Crippen molar-refractivity contribution in [2.24, 2.45) is 5.92 Å². The number of aromatic amines is 1. The highest BCUT2D eigenvalue weighted by Gasteiger charge is 2.21. The lowest BCUT2D eigenvalue weighted by molar-refractivity contribution is 0.327. The first kappa shape index (κ1) is 16.4. The van der Waals surface area contributed by atoms with Crippen LogP contribution >= 0.6 is 0 Å². The van der Waals surface area contributed by atoms with Gasteiger partial charge >= 0.3 is 11.4 Å². The molecule has 1 aliphatic rings. The average molecular weight is 329 g/mol. The SMILES string of the molecule is Cc1cccc(-n2c(=O)nc(N[C@@H](C)C3CCCCC3)[nH]c2=O)n1. The van der Waals surface area contributed by atoms with E-state index < -0.39 is 11.4 Å². The van der Waals surface area contributed by atoms with Crippen molar-refractivity contribution in [2.75, 3.05) is 5.32 Å². The third kappa shape index (κ3) is 3.55. The number of rotatable bonds is 4. The number of anilines is 1. The normalized spacial score (nSPS) is 16.8. The van der Waals surface area contributed by atoms with Crippen molar-refractivity contribution >= 4 is 5.95 Å². The summed E-state index contributed by atoms with van der Waals surface area (Å²) in [5.41, 5.74) is -0.437. The van der Waals surface area contributed by atoms with Gasteiger partial charge in [-0.2, -0.15) is 9.55 Å². The molecule has 7 heteroatoms. The van der Waals surface area contributed by atoms with Crippen LogP contribution in [0.3, 0.4) is 0 Å². The molecule has 1 fully saturated rings. The molecule has 1 atom stereocenters. The Balaban J connectivity index is 1.84. The second-order valence-electron chi connectivity index (χ2n) is 6.48. The van der Waals surface area contributed by atoms with E-state index >= 15 is 0 Å². The summed E-state index contributed by atoms with van der Waals surface area (Å²) in [6, 6.07) is 5.34. The predicted octanol–water partition coefficient (Wildman–Crippen LogP) is 2.00. The van der Waals surface area contributed by atoms with Crippen LogP contribution < -0.4 is 16.7 Å². The number of aromatic nitrogens is 4. The molecule has 1 aliphatic carbocycles. The first-order valence-corrected chi connectivity index (χ1v) is 8.48. The summed E-state index contributed by atoms with van der Waals surface area (Å²) < 4.78 is 0.948. The molecule has 0 aromatic carbocycles. The van der Waals surface area contributed by atoms with Crippen molar-refractivity contribution in [2.45, 2.75) is 52.0 Å². The van der Waals surface area contributed by atoms with Gasteiger partial charge in [0.15, 0.2) is 0 Å². The van der Waals surface area contributed by atoms with Crippen LogP contribution in [0.15, 0.2) is 27.8 Å². The van der Waals surface area contributed by atoms with Crippen LogP contribution in [0.4, 0.5) is 5.95 Å². The molecule has 2 heterocycles. The molecule has 0 spiro atoms. The van der Waals surface area contributed by atoms with E-state index in [9.17, 15) is 9.59 Å². The molecule has 2 aromatic rings. The fourth-order valence-electron chi connectivity index (χ4n) is 3.31. The van der Waals surface area contributed by atoms with Gasteiger partial charge in [-0.25, -0.2) is 14.6 Å². The molecule has 1 saturated carbocycles. The number of aryl methyl sites for hydroxylation is 1. The Labute approximate surface area is 140 Å². The third-order valence-electron chi connectivity index (χ3n) is 4.65. The number of hydrogen-bond donors (Lipinski definition) is 2. The van der Waals surface area contributed by atoms with Gasteiger partial charge in [0, 0.05) is 11.7 Å². The number of hydrogen-bond acceptors (Lipinski definition) is 5. The summed E-state index contributed by atoms with van der Waals surface area (Å²) in [6.07, 6.45) is 6.10. The molecular weight excluding hydrogens is 306 g/mol. The zero-order chi connectivity index (χ0) is 17.1. The predicted molar refractivity (Wildman–Crippen MR) is 92.6 cm³/mol. The van der Waals surface area contributed by atoms with Crippen molar-refractivity contribution in [3.8, 4) is 5.82 Å². The van der Waals surface area contributed by atoms with Crippen molar-refractivity contribution in [3.63, 3.8) is 0 Å². The minimum Gasteiger partial charge on any atom is -0.353 e. The lowest BCUT2D eigenvalue weighted by atomic mass is 9.85. The van der Waals surface area contributed by atoms with E-state index in [1.54, 1.807) is 25.1 Å². The summed E-state index contributed by atoms with van der Waals surface area (Å²) in [7, 11) is 0. The number of nitrogens with zero attached hydrogens (tertiary/aromatic N) is 3. The molecule has 24 heavy (non-hydrogen) atoms. The topological polar surface area (TPSA) is 92.7 Å². The molecule has 0 unspecified atom stereocenters. The summed E-state index contributed by atoms with van der Waals surface area (Å²) in [5.74, 6) is 1.05. The maximum Gasteiger partial charge on any atom is 0.360 e. The van der Waals surface area contributed by atoms with E-state index in [4.69, 9.17) is 0 Å². The Hall–Kier alpha value is -2.44. The van der Waals surface area contributed by atoms with Crippen molar-refractivity contribution in [3.05, 3.63) is 44.9 Å². The quantitative estimate of drug-likeness (QED) is 0.895. The van der Waals surface area contributed by atoms with E-state index in [0.29, 0.717) is 5.92 Å². The first-order chi connectivity index (χ1) is 11.5. The Kier molecular flexibility index (Phi) is 4.78. The molecule has 0 bridgehead atoms. The fraction of sp³-hybridized carbons (Fsp3) is 0.529. The molecule has 3 rings (SSSR count). The standard InChI is InChI=1S/C17H23N5O2/c1-11-7-6-10-14(18-11)22-16(23)20-15(21-17(22)24)19-12(2)13-8-4-3-5-9-13/h6-7,10,12-13H,3-5,8-9H2,1-2H3,(H2,19,20,21,23,24)/t12-/m0/s1. The maximum absolute atomic E-state index is 12.3. The molecule has 128 valence electrons. The number of H-pyrrole nitrogens is 1. The Morgan fingerprint density at radius 3 is 2.62 bits per heavy atom. The van der Waals surface area contributed by atoms with Gasteiger partial charge in [-0.1, -0.05) is 25.3 Å².